The van der Waals surface area contributed by atoms with Crippen LogP contribution in [0.2, 0.25) is 0 Å². The Morgan fingerprint density at radius 1 is 1.00 bits per heavy atom. The Hall–Kier alpha value is -3.88. The lowest BCUT2D eigenvalue weighted by atomic mass is 9.88. The molecule has 1 unspecified atom stereocenters. The Bertz CT molecular complexity index is 1190. The molecule has 0 radical (unpaired) electrons. The second-order valence-electron chi connectivity index (χ2n) is 8.94. The van der Waals surface area contributed by atoms with Gasteiger partial charge >= 0.3 is 6.03 Å². The lowest BCUT2D eigenvalue weighted by molar-refractivity contribution is -0.122. The molecular formula is C25H26N4O5. The molecule has 3 heterocycles. The summed E-state index contributed by atoms with van der Waals surface area (Å²) in [6, 6.07) is 10.4. The molecule has 9 nitrogen and oxygen atoms in total. The van der Waals surface area contributed by atoms with Gasteiger partial charge in [-0.3, -0.25) is 14.4 Å². The number of likely N-dealkylation sites (tertiary alicyclic amines) is 1. The second-order valence-corrected chi connectivity index (χ2v) is 8.94. The lowest BCUT2D eigenvalue weighted by Gasteiger charge is -2.31. The molecule has 5 rings (SSSR count). The van der Waals surface area contributed by atoms with E-state index < -0.39 is 6.10 Å². The van der Waals surface area contributed by atoms with Gasteiger partial charge in [-0.1, -0.05) is 0 Å². The largest absolute Gasteiger partial charge is 0.479 e. The van der Waals surface area contributed by atoms with Crippen LogP contribution in [0.25, 0.3) is 0 Å². The fourth-order valence-electron chi connectivity index (χ4n) is 4.61. The van der Waals surface area contributed by atoms with Crippen LogP contribution in [0.3, 0.4) is 0 Å². The maximum atomic E-state index is 13.1. The average molecular weight is 463 g/mol. The van der Waals surface area contributed by atoms with E-state index in [1.165, 1.54) is 0 Å². The summed E-state index contributed by atoms with van der Waals surface area (Å²) in [6.45, 7) is 2.63. The molecule has 0 aromatic heterocycles. The van der Waals surface area contributed by atoms with Gasteiger partial charge in [-0.15, -0.1) is 0 Å². The molecule has 2 aromatic carbocycles. The molecular weight excluding hydrogens is 436 g/mol. The number of nitrogens with one attached hydrogen (secondary N) is 3. The van der Waals surface area contributed by atoms with E-state index >= 15 is 0 Å². The Kier molecular flexibility index (Phi) is 5.69. The third kappa shape index (κ3) is 4.33. The van der Waals surface area contributed by atoms with Crippen molar-refractivity contribution in [2.75, 3.05) is 29.0 Å². The Labute approximate surface area is 196 Å². The molecule has 1 saturated heterocycles. The average Bonchev–Trinajstić information content (AvgIpc) is 2.84. The topological polar surface area (TPSA) is 117 Å². The number of ketones is 1. The molecule has 2 aromatic rings. The van der Waals surface area contributed by atoms with Gasteiger partial charge < -0.3 is 25.6 Å². The maximum Gasteiger partial charge on any atom is 0.321 e. The molecule has 1 fully saturated rings. The van der Waals surface area contributed by atoms with Gasteiger partial charge in [0.25, 0.3) is 5.91 Å². The minimum atomic E-state index is -0.563. The van der Waals surface area contributed by atoms with Crippen molar-refractivity contribution in [3.05, 3.63) is 47.5 Å². The predicted molar refractivity (Wildman–Crippen MR) is 126 cm³/mol. The van der Waals surface area contributed by atoms with Crippen molar-refractivity contribution in [3.63, 3.8) is 0 Å². The summed E-state index contributed by atoms with van der Waals surface area (Å²) in [4.78, 5) is 50.9. The highest BCUT2D eigenvalue weighted by Gasteiger charge is 2.30. The van der Waals surface area contributed by atoms with Gasteiger partial charge in [0.1, 0.15) is 5.75 Å². The van der Waals surface area contributed by atoms with Crippen molar-refractivity contribution in [2.24, 2.45) is 5.92 Å². The zero-order valence-electron chi connectivity index (χ0n) is 18.8. The highest BCUT2D eigenvalue weighted by atomic mass is 16.5. The van der Waals surface area contributed by atoms with Gasteiger partial charge in [-0.2, -0.15) is 0 Å². The predicted octanol–water partition coefficient (Wildman–Crippen LogP) is 3.42. The Morgan fingerprint density at radius 2 is 1.79 bits per heavy atom. The van der Waals surface area contributed by atoms with Crippen molar-refractivity contribution in [1.29, 1.82) is 0 Å². The summed E-state index contributed by atoms with van der Waals surface area (Å²) < 4.78 is 5.56. The molecule has 3 N–H and O–H groups in total. The van der Waals surface area contributed by atoms with E-state index in [-0.39, 0.29) is 29.5 Å². The third-order valence-electron chi connectivity index (χ3n) is 6.60. The first-order valence-corrected chi connectivity index (χ1v) is 11.5. The molecule has 34 heavy (non-hydrogen) atoms. The third-order valence-corrected chi connectivity index (χ3v) is 6.60. The van der Waals surface area contributed by atoms with Crippen LogP contribution in [0.15, 0.2) is 36.4 Å². The smallest absolute Gasteiger partial charge is 0.321 e. The standard InChI is InChI=1S/C25H26N4O5/c1-14-24(32)28-20-13-17(2-6-21(20)34-14)23(31)15-8-10-29(11-9-15)25(33)26-18-4-5-19-16(12-18)3-7-22(30)27-19/h2,4-6,12-15H,3,7-11H2,1H3,(H,26,33)(H,27,30)(H,28,32). The first kappa shape index (κ1) is 21.9. The number of rotatable bonds is 3. The maximum absolute atomic E-state index is 13.1. The molecule has 0 saturated carbocycles. The summed E-state index contributed by atoms with van der Waals surface area (Å²) in [5.74, 6) is 0.144. The number of piperidine rings is 1. The van der Waals surface area contributed by atoms with E-state index in [1.807, 2.05) is 6.07 Å². The molecule has 3 aliphatic heterocycles. The van der Waals surface area contributed by atoms with Crippen molar-refractivity contribution in [1.82, 2.24) is 4.90 Å². The monoisotopic (exact) mass is 462 g/mol. The molecule has 176 valence electrons. The number of carbonyl (C=O) groups excluding carboxylic acids is 4. The number of aryl methyl sites for hydroxylation is 1. The molecule has 9 heteroatoms. The molecule has 0 spiro atoms. The van der Waals surface area contributed by atoms with Crippen molar-refractivity contribution >= 4 is 40.7 Å². The van der Waals surface area contributed by atoms with Crippen LogP contribution < -0.4 is 20.7 Å². The van der Waals surface area contributed by atoms with E-state index in [0.29, 0.717) is 61.5 Å². The van der Waals surface area contributed by atoms with Crippen LogP contribution in [0.5, 0.6) is 5.75 Å². The number of hydrogen-bond acceptors (Lipinski definition) is 5. The minimum Gasteiger partial charge on any atom is -0.479 e. The van der Waals surface area contributed by atoms with Gasteiger partial charge in [-0.05, 0) is 68.1 Å². The van der Waals surface area contributed by atoms with E-state index in [9.17, 15) is 19.2 Å². The number of ether oxygens (including phenoxy) is 1. The van der Waals surface area contributed by atoms with E-state index in [4.69, 9.17) is 4.74 Å². The quantitative estimate of drug-likeness (QED) is 0.605. The summed E-state index contributed by atoms with van der Waals surface area (Å²) in [6.07, 6.45) is 1.66. The number of nitrogens with zero attached hydrogens (tertiary/aromatic N) is 1. The molecule has 3 aliphatic rings. The van der Waals surface area contributed by atoms with Crippen LogP contribution in [0, 0.1) is 5.92 Å². The van der Waals surface area contributed by atoms with Crippen molar-refractivity contribution < 1.29 is 23.9 Å². The zero-order chi connectivity index (χ0) is 23.8. The van der Waals surface area contributed by atoms with E-state index in [1.54, 1.807) is 42.2 Å². The first-order chi connectivity index (χ1) is 16.4. The number of hydrogen-bond donors (Lipinski definition) is 3. The Balaban J connectivity index is 1.18. The van der Waals surface area contributed by atoms with Gasteiger partial charge in [0.05, 0.1) is 5.69 Å². The lowest BCUT2D eigenvalue weighted by Crippen LogP contribution is -2.42. The van der Waals surface area contributed by atoms with Crippen LogP contribution >= 0.6 is 0 Å². The van der Waals surface area contributed by atoms with Gasteiger partial charge in [-0.25, -0.2) is 4.79 Å². The van der Waals surface area contributed by atoms with Gasteiger partial charge in [0, 0.05) is 42.4 Å². The van der Waals surface area contributed by atoms with Crippen LogP contribution in [-0.4, -0.2) is 47.7 Å². The van der Waals surface area contributed by atoms with Crippen molar-refractivity contribution in [2.45, 2.75) is 38.7 Å². The molecule has 4 amide bonds. The van der Waals surface area contributed by atoms with Crippen LogP contribution in [-0.2, 0) is 16.0 Å². The molecule has 0 bridgehead atoms. The van der Waals surface area contributed by atoms with Crippen LogP contribution in [0.4, 0.5) is 21.9 Å². The van der Waals surface area contributed by atoms with Crippen LogP contribution in [0.1, 0.15) is 42.1 Å². The number of carbonyl (C=O) groups is 4. The van der Waals surface area contributed by atoms with Crippen molar-refractivity contribution in [3.8, 4) is 5.75 Å². The molecule has 1 atom stereocenters. The van der Waals surface area contributed by atoms with E-state index in [0.717, 1.165) is 11.3 Å². The summed E-state index contributed by atoms with van der Waals surface area (Å²) in [5, 5.41) is 8.53. The van der Waals surface area contributed by atoms with Gasteiger partial charge in [0.2, 0.25) is 5.91 Å². The number of anilines is 3. The molecule has 0 aliphatic carbocycles. The number of benzene rings is 2. The van der Waals surface area contributed by atoms with Gasteiger partial charge in [0.15, 0.2) is 11.9 Å². The van der Waals surface area contributed by atoms with E-state index in [2.05, 4.69) is 16.0 Å². The summed E-state index contributed by atoms with van der Waals surface area (Å²) in [7, 11) is 0. The first-order valence-electron chi connectivity index (χ1n) is 11.5. The number of Topliss-reactive ketones (excluding diaryl/α,β-unsaturated/α-hetero) is 1. The zero-order valence-corrected chi connectivity index (χ0v) is 18.8. The number of urea groups is 1. The number of amides is 4. The second kappa shape index (κ2) is 8.81. The summed E-state index contributed by atoms with van der Waals surface area (Å²) >= 11 is 0. The highest BCUT2D eigenvalue weighted by Crippen LogP contribution is 2.32. The fourth-order valence-corrected chi connectivity index (χ4v) is 4.61. The minimum absolute atomic E-state index is 0.00442. The SMILES string of the molecule is CC1Oc2ccc(C(=O)C3CCN(C(=O)Nc4ccc5c(c4)CCC(=O)N5)CC3)cc2NC1=O. The summed E-state index contributed by atoms with van der Waals surface area (Å²) in [5.41, 5.74) is 3.52. The fraction of sp³-hybridized carbons (Fsp3) is 0.360. The highest BCUT2D eigenvalue weighted by molar-refractivity contribution is 6.02. The normalized spacial score (nSPS) is 19.8. The Morgan fingerprint density at radius 3 is 2.59 bits per heavy atom. The number of fused-ring (bicyclic) bond motifs is 2.